The molecular formula is C18H22N4O4S. The first kappa shape index (κ1) is 19.1. The summed E-state index contributed by atoms with van der Waals surface area (Å²) in [7, 11) is 1.52. The highest BCUT2D eigenvalue weighted by molar-refractivity contribution is 7.15. The van der Waals surface area contributed by atoms with Crippen molar-refractivity contribution < 1.29 is 19.1 Å². The largest absolute Gasteiger partial charge is 0.481 e. The predicted molar refractivity (Wildman–Crippen MR) is 101 cm³/mol. The Balaban J connectivity index is 1.65. The average Bonchev–Trinajstić information content (AvgIpc) is 3.01. The van der Waals surface area contributed by atoms with Crippen molar-refractivity contribution in [3.05, 3.63) is 34.5 Å². The Kier molecular flexibility index (Phi) is 5.31. The van der Waals surface area contributed by atoms with Gasteiger partial charge in [-0.25, -0.2) is 14.8 Å². The van der Waals surface area contributed by atoms with E-state index in [0.29, 0.717) is 36.1 Å². The monoisotopic (exact) mass is 390 g/mol. The molecule has 1 N–H and O–H groups in total. The zero-order valence-corrected chi connectivity index (χ0v) is 16.6. The highest BCUT2D eigenvalue weighted by Crippen LogP contribution is 2.29. The van der Waals surface area contributed by atoms with E-state index in [-0.39, 0.29) is 12.0 Å². The maximum atomic E-state index is 12.3. The molecule has 0 atom stereocenters. The number of hydrogen-bond donors (Lipinski definition) is 1. The summed E-state index contributed by atoms with van der Waals surface area (Å²) in [5, 5.41) is 3.29. The van der Waals surface area contributed by atoms with Crippen LogP contribution in [-0.2, 0) is 17.7 Å². The Morgan fingerprint density at radius 3 is 2.70 bits per heavy atom. The molecule has 1 aliphatic rings. The number of hydrogen-bond acceptors (Lipinski definition) is 7. The molecule has 3 heterocycles. The van der Waals surface area contributed by atoms with E-state index in [1.807, 2.05) is 20.8 Å². The van der Waals surface area contributed by atoms with E-state index in [1.165, 1.54) is 24.6 Å². The van der Waals surface area contributed by atoms with Crippen molar-refractivity contribution in [2.75, 3.05) is 19.0 Å². The van der Waals surface area contributed by atoms with Crippen LogP contribution >= 0.6 is 11.3 Å². The van der Waals surface area contributed by atoms with E-state index in [4.69, 9.17) is 9.47 Å². The molecular weight excluding hydrogens is 368 g/mol. The van der Waals surface area contributed by atoms with Crippen LogP contribution in [0.3, 0.4) is 0 Å². The molecule has 9 heteroatoms. The molecule has 144 valence electrons. The quantitative estimate of drug-likeness (QED) is 0.866. The van der Waals surface area contributed by atoms with Crippen LogP contribution in [0.25, 0.3) is 0 Å². The lowest BCUT2D eigenvalue weighted by Crippen LogP contribution is -2.39. The van der Waals surface area contributed by atoms with Crippen LogP contribution in [0.5, 0.6) is 5.88 Å². The molecule has 0 saturated heterocycles. The van der Waals surface area contributed by atoms with Crippen molar-refractivity contribution in [1.29, 1.82) is 0 Å². The van der Waals surface area contributed by atoms with Crippen molar-refractivity contribution >= 4 is 28.5 Å². The Bertz CT molecular complexity index is 842. The van der Waals surface area contributed by atoms with Gasteiger partial charge >= 0.3 is 6.09 Å². The van der Waals surface area contributed by atoms with Gasteiger partial charge < -0.3 is 14.4 Å². The Hall–Kier alpha value is -2.68. The molecule has 3 rings (SSSR count). The lowest BCUT2D eigenvalue weighted by molar-refractivity contribution is 0.0225. The van der Waals surface area contributed by atoms with Gasteiger partial charge in [-0.1, -0.05) is 11.3 Å². The molecule has 0 radical (unpaired) electrons. The van der Waals surface area contributed by atoms with Gasteiger partial charge in [0.25, 0.3) is 5.91 Å². The second-order valence-corrected chi connectivity index (χ2v) is 8.17. The molecule has 27 heavy (non-hydrogen) atoms. The van der Waals surface area contributed by atoms with Crippen LogP contribution in [0.15, 0.2) is 18.3 Å². The summed E-state index contributed by atoms with van der Waals surface area (Å²) in [5.74, 6) is 0.152. The molecule has 2 aromatic heterocycles. The van der Waals surface area contributed by atoms with Gasteiger partial charge in [0.05, 0.1) is 24.9 Å². The molecule has 0 fully saturated rings. The third-order valence-electron chi connectivity index (χ3n) is 3.81. The Labute approximate surface area is 161 Å². The fourth-order valence-electron chi connectivity index (χ4n) is 2.54. The predicted octanol–water partition coefficient (Wildman–Crippen LogP) is 3.09. The number of methoxy groups -OCH3 is 1. The van der Waals surface area contributed by atoms with Crippen molar-refractivity contribution in [3.8, 4) is 5.88 Å². The van der Waals surface area contributed by atoms with Crippen LogP contribution < -0.4 is 10.1 Å². The third-order valence-corrected chi connectivity index (χ3v) is 4.81. The molecule has 0 spiro atoms. The summed E-state index contributed by atoms with van der Waals surface area (Å²) < 4.78 is 10.4. The minimum Gasteiger partial charge on any atom is -0.481 e. The van der Waals surface area contributed by atoms with Gasteiger partial charge in [0.2, 0.25) is 5.88 Å². The number of thiazole rings is 1. The van der Waals surface area contributed by atoms with Crippen LogP contribution in [0.4, 0.5) is 9.93 Å². The zero-order valence-electron chi connectivity index (χ0n) is 15.7. The van der Waals surface area contributed by atoms with Crippen LogP contribution in [0.1, 0.15) is 41.7 Å². The minimum absolute atomic E-state index is 0.291. The van der Waals surface area contributed by atoms with Gasteiger partial charge in [-0.2, -0.15) is 0 Å². The van der Waals surface area contributed by atoms with E-state index in [2.05, 4.69) is 15.3 Å². The SMILES string of the molecule is COc1ccc(C(=O)Nc2nc3c(s2)CN(C(=O)OC(C)(C)C)CC3)cn1. The maximum Gasteiger partial charge on any atom is 0.410 e. The fourth-order valence-corrected chi connectivity index (χ4v) is 3.55. The highest BCUT2D eigenvalue weighted by Gasteiger charge is 2.28. The number of ether oxygens (including phenoxy) is 2. The third kappa shape index (κ3) is 4.73. The van der Waals surface area contributed by atoms with Crippen molar-refractivity contribution in [1.82, 2.24) is 14.9 Å². The van der Waals surface area contributed by atoms with Gasteiger partial charge in [-0.15, -0.1) is 0 Å². The first-order valence-corrected chi connectivity index (χ1v) is 9.35. The summed E-state index contributed by atoms with van der Waals surface area (Å²) >= 11 is 1.37. The molecule has 0 bridgehead atoms. The van der Waals surface area contributed by atoms with Crippen LogP contribution in [-0.4, -0.2) is 46.1 Å². The number of carbonyl (C=O) groups is 2. The molecule has 0 saturated carbocycles. The molecule has 1 aliphatic heterocycles. The molecule has 2 aromatic rings. The first-order chi connectivity index (χ1) is 12.7. The van der Waals surface area contributed by atoms with Gasteiger partial charge in [-0.3, -0.25) is 10.1 Å². The van der Waals surface area contributed by atoms with E-state index >= 15 is 0 Å². The van der Waals surface area contributed by atoms with Gasteiger partial charge in [0, 0.05) is 30.1 Å². The zero-order chi connectivity index (χ0) is 19.6. The molecule has 0 unspecified atom stereocenters. The summed E-state index contributed by atoms with van der Waals surface area (Å²) in [6.07, 6.45) is 1.74. The number of rotatable bonds is 3. The summed E-state index contributed by atoms with van der Waals surface area (Å²) in [6, 6.07) is 3.26. The number of anilines is 1. The fraction of sp³-hybridized carbons (Fsp3) is 0.444. The first-order valence-electron chi connectivity index (χ1n) is 8.53. The maximum absolute atomic E-state index is 12.3. The second kappa shape index (κ2) is 7.51. The number of nitrogens with zero attached hydrogens (tertiary/aromatic N) is 3. The lowest BCUT2D eigenvalue weighted by Gasteiger charge is -2.29. The Morgan fingerprint density at radius 1 is 1.30 bits per heavy atom. The van der Waals surface area contributed by atoms with Crippen LogP contribution in [0.2, 0.25) is 0 Å². The van der Waals surface area contributed by atoms with E-state index in [1.54, 1.807) is 17.0 Å². The standard InChI is InChI=1S/C18H22N4O4S/c1-18(2,3)26-17(24)22-8-7-12-13(10-22)27-16(20-12)21-15(23)11-5-6-14(25-4)19-9-11/h5-6,9H,7-8,10H2,1-4H3,(H,20,21,23). The molecule has 2 amide bonds. The normalized spacial score (nSPS) is 13.7. The summed E-state index contributed by atoms with van der Waals surface area (Å²) in [5.41, 5.74) is 0.790. The van der Waals surface area contributed by atoms with Gasteiger partial charge in [0.15, 0.2) is 5.13 Å². The van der Waals surface area contributed by atoms with E-state index < -0.39 is 5.60 Å². The smallest absolute Gasteiger partial charge is 0.410 e. The number of amides is 2. The van der Waals surface area contributed by atoms with E-state index in [9.17, 15) is 9.59 Å². The number of nitrogens with one attached hydrogen (secondary N) is 1. The van der Waals surface area contributed by atoms with E-state index in [0.717, 1.165) is 10.6 Å². The molecule has 0 aliphatic carbocycles. The number of aromatic nitrogens is 2. The lowest BCUT2D eigenvalue weighted by atomic mass is 10.2. The van der Waals surface area contributed by atoms with Gasteiger partial charge in [-0.05, 0) is 26.8 Å². The second-order valence-electron chi connectivity index (χ2n) is 7.08. The number of carbonyl (C=O) groups excluding carboxylic acids is 2. The van der Waals surface area contributed by atoms with Crippen molar-refractivity contribution in [2.45, 2.75) is 39.3 Å². The average molecular weight is 390 g/mol. The molecule has 8 nitrogen and oxygen atoms in total. The summed E-state index contributed by atoms with van der Waals surface area (Å²) in [4.78, 5) is 35.7. The van der Waals surface area contributed by atoms with Crippen molar-refractivity contribution in [3.63, 3.8) is 0 Å². The highest BCUT2D eigenvalue weighted by atomic mass is 32.1. The van der Waals surface area contributed by atoms with Crippen molar-refractivity contribution in [2.24, 2.45) is 0 Å². The topological polar surface area (TPSA) is 93.7 Å². The van der Waals surface area contributed by atoms with Crippen LogP contribution in [0, 0.1) is 0 Å². The Morgan fingerprint density at radius 2 is 2.07 bits per heavy atom. The minimum atomic E-state index is -0.531. The number of pyridine rings is 1. The molecule has 0 aromatic carbocycles. The summed E-state index contributed by atoms with van der Waals surface area (Å²) in [6.45, 7) is 6.50. The van der Waals surface area contributed by atoms with Gasteiger partial charge in [0.1, 0.15) is 5.60 Å². The number of fused-ring (bicyclic) bond motifs is 1.